The van der Waals surface area contributed by atoms with Crippen molar-refractivity contribution in [2.75, 3.05) is 0 Å². The molecule has 2 rings (SSSR count). The van der Waals surface area contributed by atoms with Gasteiger partial charge in [-0.3, -0.25) is 0 Å². The van der Waals surface area contributed by atoms with Crippen LogP contribution in [-0.4, -0.2) is 5.11 Å². The number of benzene rings is 1. The summed E-state index contributed by atoms with van der Waals surface area (Å²) < 4.78 is 1.14. The summed E-state index contributed by atoms with van der Waals surface area (Å²) >= 11 is 2.25. The van der Waals surface area contributed by atoms with Gasteiger partial charge in [0.1, 0.15) is 5.60 Å². The van der Waals surface area contributed by atoms with Crippen LogP contribution >= 0.6 is 22.6 Å². The zero-order valence-electron chi connectivity index (χ0n) is 12.2. The Labute approximate surface area is 135 Å². The summed E-state index contributed by atoms with van der Waals surface area (Å²) in [6.45, 7) is 3.99. The molecule has 1 aromatic rings. The molecule has 1 aliphatic rings. The van der Waals surface area contributed by atoms with E-state index in [1.165, 1.54) is 6.42 Å². The lowest BCUT2D eigenvalue weighted by Gasteiger charge is -2.45. The summed E-state index contributed by atoms with van der Waals surface area (Å²) in [6, 6.07) is 10.4. The molecular formula is C17H22INO. The van der Waals surface area contributed by atoms with E-state index >= 15 is 0 Å². The van der Waals surface area contributed by atoms with Crippen LogP contribution in [0.5, 0.6) is 0 Å². The molecule has 0 saturated heterocycles. The predicted octanol–water partition coefficient (Wildman–Crippen LogP) is 4.61. The summed E-state index contributed by atoms with van der Waals surface area (Å²) in [5.74, 6) is 0.554. The summed E-state index contributed by atoms with van der Waals surface area (Å²) in [4.78, 5) is 0. The lowest BCUT2D eigenvalue weighted by molar-refractivity contribution is -0.0738. The van der Waals surface area contributed by atoms with Crippen LogP contribution in [0.2, 0.25) is 0 Å². The first-order valence-corrected chi connectivity index (χ1v) is 8.43. The molecule has 0 bridgehead atoms. The smallest absolute Gasteiger partial charge is 0.105 e. The minimum absolute atomic E-state index is 0.554. The second kappa shape index (κ2) is 6.03. The molecule has 1 N–H and O–H groups in total. The molecule has 1 aromatic carbocycles. The standard InChI is InChI=1S/C17H22INO/c1-3-13-5-4-10-17(11-13,12-19)16(2,20)14-6-8-15(18)9-7-14/h6-9,13,20H,3-5,10-11H2,1-2H3. The van der Waals surface area contributed by atoms with E-state index in [1.54, 1.807) is 0 Å². The summed E-state index contributed by atoms with van der Waals surface area (Å²) in [5.41, 5.74) is -0.880. The molecule has 0 aromatic heterocycles. The molecule has 0 heterocycles. The Morgan fingerprint density at radius 2 is 2.10 bits per heavy atom. The van der Waals surface area contributed by atoms with Crippen LogP contribution in [0.25, 0.3) is 0 Å². The molecule has 3 heteroatoms. The van der Waals surface area contributed by atoms with E-state index in [0.29, 0.717) is 5.92 Å². The maximum absolute atomic E-state index is 11.1. The van der Waals surface area contributed by atoms with Gasteiger partial charge in [-0.15, -0.1) is 0 Å². The van der Waals surface area contributed by atoms with Gasteiger partial charge in [0.2, 0.25) is 0 Å². The van der Waals surface area contributed by atoms with E-state index in [-0.39, 0.29) is 0 Å². The van der Waals surface area contributed by atoms with Crippen molar-refractivity contribution in [3.8, 4) is 6.07 Å². The van der Waals surface area contributed by atoms with Crippen molar-refractivity contribution in [1.29, 1.82) is 5.26 Å². The number of nitriles is 1. The van der Waals surface area contributed by atoms with Gasteiger partial charge in [0.25, 0.3) is 0 Å². The Morgan fingerprint density at radius 3 is 2.65 bits per heavy atom. The summed E-state index contributed by atoms with van der Waals surface area (Å²) in [7, 11) is 0. The van der Waals surface area contributed by atoms with Gasteiger partial charge in [-0.2, -0.15) is 5.26 Å². The second-order valence-electron chi connectivity index (χ2n) is 6.14. The molecule has 3 atom stereocenters. The number of halogens is 1. The van der Waals surface area contributed by atoms with E-state index in [1.807, 2.05) is 31.2 Å². The van der Waals surface area contributed by atoms with E-state index < -0.39 is 11.0 Å². The lowest BCUT2D eigenvalue weighted by atomic mass is 9.59. The van der Waals surface area contributed by atoms with Crippen molar-refractivity contribution in [2.24, 2.45) is 11.3 Å². The van der Waals surface area contributed by atoms with Crippen molar-refractivity contribution in [1.82, 2.24) is 0 Å². The molecule has 20 heavy (non-hydrogen) atoms. The fourth-order valence-corrected chi connectivity index (χ4v) is 3.80. The van der Waals surface area contributed by atoms with E-state index in [4.69, 9.17) is 0 Å². The maximum Gasteiger partial charge on any atom is 0.105 e. The summed E-state index contributed by atoms with van der Waals surface area (Å²) in [6.07, 6.45) is 4.90. The van der Waals surface area contributed by atoms with Gasteiger partial charge < -0.3 is 5.11 Å². The molecule has 0 aliphatic heterocycles. The first-order valence-electron chi connectivity index (χ1n) is 7.35. The largest absolute Gasteiger partial charge is 0.384 e. The topological polar surface area (TPSA) is 44.0 Å². The van der Waals surface area contributed by atoms with Gasteiger partial charge in [-0.25, -0.2) is 0 Å². The first kappa shape index (κ1) is 15.8. The molecule has 0 spiro atoms. The van der Waals surface area contributed by atoms with Crippen LogP contribution in [0.1, 0.15) is 51.5 Å². The van der Waals surface area contributed by atoms with Crippen LogP contribution in [0.15, 0.2) is 24.3 Å². The summed E-state index contributed by atoms with van der Waals surface area (Å²) in [5, 5.41) is 20.9. The van der Waals surface area contributed by atoms with Gasteiger partial charge in [0.15, 0.2) is 0 Å². The molecule has 108 valence electrons. The highest BCUT2D eigenvalue weighted by molar-refractivity contribution is 14.1. The average molecular weight is 383 g/mol. The van der Waals surface area contributed by atoms with Gasteiger partial charge in [-0.1, -0.05) is 38.3 Å². The highest BCUT2D eigenvalue weighted by Crippen LogP contribution is 2.51. The maximum atomic E-state index is 11.1. The monoisotopic (exact) mass is 383 g/mol. The highest BCUT2D eigenvalue weighted by Gasteiger charge is 2.50. The van der Waals surface area contributed by atoms with Crippen molar-refractivity contribution < 1.29 is 5.11 Å². The fourth-order valence-electron chi connectivity index (χ4n) is 3.44. The molecule has 1 aliphatic carbocycles. The zero-order chi connectivity index (χ0) is 14.8. The van der Waals surface area contributed by atoms with E-state index in [2.05, 4.69) is 35.6 Å². The Hall–Kier alpha value is -0.600. The van der Waals surface area contributed by atoms with Crippen LogP contribution in [0.3, 0.4) is 0 Å². The SMILES string of the molecule is CCC1CCCC(C#N)(C(C)(O)c2ccc(I)cc2)C1. The molecule has 0 radical (unpaired) electrons. The Balaban J connectivity index is 2.38. The van der Waals surface area contributed by atoms with Crippen LogP contribution < -0.4 is 0 Å². The van der Waals surface area contributed by atoms with Gasteiger partial charge >= 0.3 is 0 Å². The molecule has 1 saturated carbocycles. The van der Waals surface area contributed by atoms with Gasteiger partial charge in [-0.05, 0) is 66.0 Å². The van der Waals surface area contributed by atoms with Gasteiger partial charge in [0, 0.05) is 3.57 Å². The lowest BCUT2D eigenvalue weighted by Crippen LogP contribution is -2.45. The predicted molar refractivity (Wildman–Crippen MR) is 89.0 cm³/mol. The van der Waals surface area contributed by atoms with Crippen molar-refractivity contribution in [3.63, 3.8) is 0 Å². The first-order chi connectivity index (χ1) is 9.45. The number of hydrogen-bond acceptors (Lipinski definition) is 2. The third kappa shape index (κ3) is 2.73. The Bertz CT molecular complexity index is 503. The van der Waals surface area contributed by atoms with E-state index in [9.17, 15) is 10.4 Å². The van der Waals surface area contributed by atoms with Crippen LogP contribution in [-0.2, 0) is 5.60 Å². The number of nitrogens with zero attached hydrogens (tertiary/aromatic N) is 1. The van der Waals surface area contributed by atoms with Crippen molar-refractivity contribution in [2.45, 2.75) is 51.6 Å². The second-order valence-corrected chi connectivity index (χ2v) is 7.39. The van der Waals surface area contributed by atoms with Crippen molar-refractivity contribution >= 4 is 22.6 Å². The quantitative estimate of drug-likeness (QED) is 0.775. The van der Waals surface area contributed by atoms with Crippen LogP contribution in [0.4, 0.5) is 0 Å². The zero-order valence-corrected chi connectivity index (χ0v) is 14.4. The van der Waals surface area contributed by atoms with Crippen molar-refractivity contribution in [3.05, 3.63) is 33.4 Å². The van der Waals surface area contributed by atoms with E-state index in [0.717, 1.165) is 34.8 Å². The minimum atomic E-state index is -1.08. The molecule has 2 nitrogen and oxygen atoms in total. The molecule has 0 amide bonds. The highest BCUT2D eigenvalue weighted by atomic mass is 127. The normalized spacial score (nSPS) is 29.4. The number of rotatable bonds is 3. The van der Waals surface area contributed by atoms with Crippen LogP contribution in [0, 0.1) is 26.2 Å². The Kier molecular flexibility index (Phi) is 4.76. The molecular weight excluding hydrogens is 361 g/mol. The Morgan fingerprint density at radius 1 is 1.45 bits per heavy atom. The fraction of sp³-hybridized carbons (Fsp3) is 0.588. The molecule has 3 unspecified atom stereocenters. The molecule has 1 fully saturated rings. The van der Waals surface area contributed by atoms with Gasteiger partial charge in [0.05, 0.1) is 11.5 Å². The average Bonchev–Trinajstić information content (AvgIpc) is 2.47. The number of aliphatic hydroxyl groups is 1. The minimum Gasteiger partial charge on any atom is -0.384 e. The number of hydrogen-bond donors (Lipinski definition) is 1. The third-order valence-electron chi connectivity index (χ3n) is 4.98. The third-order valence-corrected chi connectivity index (χ3v) is 5.70.